The van der Waals surface area contributed by atoms with Gasteiger partial charge in [0.2, 0.25) is 0 Å². The highest BCUT2D eigenvalue weighted by atomic mass is 79.9. The molecule has 0 spiro atoms. The van der Waals surface area contributed by atoms with E-state index in [0.717, 1.165) is 8.95 Å². The van der Waals surface area contributed by atoms with Crippen molar-refractivity contribution in [2.24, 2.45) is 0 Å². The van der Waals surface area contributed by atoms with Crippen molar-refractivity contribution in [2.45, 2.75) is 13.3 Å². The zero-order chi connectivity index (χ0) is 12.0. The summed E-state index contributed by atoms with van der Waals surface area (Å²) in [6, 6.07) is 5.50. The molecule has 0 unspecified atom stereocenters. The first kappa shape index (κ1) is 13.3. The van der Waals surface area contributed by atoms with E-state index in [-0.39, 0.29) is 5.91 Å². The van der Waals surface area contributed by atoms with Gasteiger partial charge in [-0.15, -0.1) is 11.8 Å². The maximum Gasteiger partial charge on any atom is 0.252 e. The number of benzene rings is 1. The van der Waals surface area contributed by atoms with E-state index in [1.807, 2.05) is 12.1 Å². The monoisotopic (exact) mass is 343 g/mol. The highest BCUT2D eigenvalue weighted by Gasteiger charge is 2.09. The summed E-state index contributed by atoms with van der Waals surface area (Å²) in [5, 5.41) is 2.81. The Morgan fingerprint density at radius 2 is 2.19 bits per heavy atom. The molecule has 0 bridgehead atoms. The minimum Gasteiger partial charge on any atom is -0.351 e. The number of nitrogens with one attached hydrogen (secondary N) is 1. The molecule has 4 heteroatoms. The van der Waals surface area contributed by atoms with Crippen LogP contribution >= 0.6 is 31.9 Å². The van der Waals surface area contributed by atoms with Crippen molar-refractivity contribution >= 4 is 37.8 Å². The van der Waals surface area contributed by atoms with E-state index in [4.69, 9.17) is 0 Å². The summed E-state index contributed by atoms with van der Waals surface area (Å²) in [5.41, 5.74) is 0.624. The van der Waals surface area contributed by atoms with Gasteiger partial charge in [0.05, 0.1) is 5.56 Å². The van der Waals surface area contributed by atoms with Crippen molar-refractivity contribution in [1.82, 2.24) is 5.32 Å². The SMILES string of the molecule is CC#CCCNC(=O)c1cc(Br)ccc1Br. The standard InChI is InChI=1S/C12H11Br2NO/c1-2-3-4-7-15-12(16)10-8-9(13)5-6-11(10)14/h5-6,8H,4,7H2,1H3,(H,15,16). The van der Waals surface area contributed by atoms with E-state index in [1.54, 1.807) is 13.0 Å². The van der Waals surface area contributed by atoms with Gasteiger partial charge in [-0.25, -0.2) is 0 Å². The van der Waals surface area contributed by atoms with Gasteiger partial charge in [-0.1, -0.05) is 15.9 Å². The van der Waals surface area contributed by atoms with Crippen molar-refractivity contribution < 1.29 is 4.79 Å². The second-order valence-corrected chi connectivity index (χ2v) is 4.83. The first-order valence-corrected chi connectivity index (χ1v) is 6.36. The van der Waals surface area contributed by atoms with Crippen molar-refractivity contribution in [3.05, 3.63) is 32.7 Å². The minimum atomic E-state index is -0.0916. The fourth-order valence-corrected chi connectivity index (χ4v) is 1.92. The molecule has 0 aromatic heterocycles. The third-order valence-electron chi connectivity index (χ3n) is 1.89. The van der Waals surface area contributed by atoms with Crippen molar-refractivity contribution in [1.29, 1.82) is 0 Å². The molecule has 0 fully saturated rings. The van der Waals surface area contributed by atoms with Crippen LogP contribution in [-0.2, 0) is 0 Å². The summed E-state index contributed by atoms with van der Waals surface area (Å²) < 4.78 is 1.67. The summed E-state index contributed by atoms with van der Waals surface area (Å²) in [6.07, 6.45) is 0.674. The van der Waals surface area contributed by atoms with Gasteiger partial charge < -0.3 is 5.32 Å². The van der Waals surface area contributed by atoms with Crippen LogP contribution in [-0.4, -0.2) is 12.5 Å². The quantitative estimate of drug-likeness (QED) is 0.661. The van der Waals surface area contributed by atoms with Crippen LogP contribution in [0.4, 0.5) is 0 Å². The van der Waals surface area contributed by atoms with Gasteiger partial charge >= 0.3 is 0 Å². The smallest absolute Gasteiger partial charge is 0.252 e. The molecule has 0 aliphatic heterocycles. The van der Waals surface area contributed by atoms with E-state index < -0.39 is 0 Å². The number of hydrogen-bond donors (Lipinski definition) is 1. The van der Waals surface area contributed by atoms with Crippen LogP contribution in [0.5, 0.6) is 0 Å². The van der Waals surface area contributed by atoms with Gasteiger partial charge in [-0.05, 0) is 41.1 Å². The lowest BCUT2D eigenvalue weighted by molar-refractivity contribution is 0.0953. The van der Waals surface area contributed by atoms with E-state index in [1.165, 1.54) is 0 Å². The Morgan fingerprint density at radius 1 is 1.44 bits per heavy atom. The van der Waals surface area contributed by atoms with Crippen LogP contribution in [0.15, 0.2) is 27.1 Å². The number of carbonyl (C=O) groups is 1. The molecule has 1 aromatic rings. The van der Waals surface area contributed by atoms with Crippen molar-refractivity contribution in [2.75, 3.05) is 6.54 Å². The lowest BCUT2D eigenvalue weighted by Gasteiger charge is -2.05. The van der Waals surface area contributed by atoms with Gasteiger partial charge in [0.1, 0.15) is 0 Å². The highest BCUT2D eigenvalue weighted by Crippen LogP contribution is 2.21. The fraction of sp³-hybridized carbons (Fsp3) is 0.250. The Morgan fingerprint density at radius 3 is 2.88 bits per heavy atom. The number of amides is 1. The Bertz CT molecular complexity index is 446. The number of rotatable bonds is 3. The predicted molar refractivity (Wildman–Crippen MR) is 72.2 cm³/mol. The van der Waals surface area contributed by atoms with E-state index >= 15 is 0 Å². The molecule has 0 heterocycles. The third kappa shape index (κ3) is 3.99. The van der Waals surface area contributed by atoms with Crippen molar-refractivity contribution in [3.8, 4) is 11.8 Å². The number of carbonyl (C=O) groups excluding carboxylic acids is 1. The molecule has 1 rings (SSSR count). The molecular formula is C12H11Br2NO. The number of hydrogen-bond acceptors (Lipinski definition) is 1. The van der Waals surface area contributed by atoms with Gasteiger partial charge in [0, 0.05) is 21.9 Å². The second-order valence-electron chi connectivity index (χ2n) is 3.06. The van der Waals surface area contributed by atoms with E-state index in [2.05, 4.69) is 49.0 Å². The van der Waals surface area contributed by atoms with Crippen molar-refractivity contribution in [3.63, 3.8) is 0 Å². The molecule has 0 aliphatic carbocycles. The summed E-state index contributed by atoms with van der Waals surface area (Å²) >= 11 is 6.68. The maximum atomic E-state index is 11.8. The fourth-order valence-electron chi connectivity index (χ4n) is 1.13. The first-order chi connectivity index (χ1) is 7.65. The van der Waals surface area contributed by atoms with E-state index in [9.17, 15) is 4.79 Å². The first-order valence-electron chi connectivity index (χ1n) is 4.78. The average Bonchev–Trinajstić information content (AvgIpc) is 2.27. The van der Waals surface area contributed by atoms with Crippen LogP contribution in [0.2, 0.25) is 0 Å². The number of halogens is 2. The van der Waals surface area contributed by atoms with Crippen LogP contribution < -0.4 is 5.32 Å². The summed E-state index contributed by atoms with van der Waals surface area (Å²) in [4.78, 5) is 11.8. The molecule has 84 valence electrons. The molecule has 1 aromatic carbocycles. The largest absolute Gasteiger partial charge is 0.351 e. The van der Waals surface area contributed by atoms with E-state index in [0.29, 0.717) is 18.5 Å². The lowest BCUT2D eigenvalue weighted by atomic mass is 10.2. The van der Waals surface area contributed by atoms with Crippen LogP contribution in [0, 0.1) is 11.8 Å². The highest BCUT2D eigenvalue weighted by molar-refractivity contribution is 9.11. The topological polar surface area (TPSA) is 29.1 Å². The second kappa shape index (κ2) is 6.72. The van der Waals surface area contributed by atoms with Gasteiger partial charge in [0.15, 0.2) is 0 Å². The average molecular weight is 345 g/mol. The molecule has 0 saturated heterocycles. The summed E-state index contributed by atoms with van der Waals surface area (Å²) in [7, 11) is 0. The third-order valence-corrected chi connectivity index (χ3v) is 3.07. The Balaban J connectivity index is 2.64. The summed E-state index contributed by atoms with van der Waals surface area (Å²) in [6.45, 7) is 2.35. The maximum absolute atomic E-state index is 11.8. The Hall–Kier alpha value is -0.790. The van der Waals surface area contributed by atoms with Gasteiger partial charge in [-0.3, -0.25) is 4.79 Å². The van der Waals surface area contributed by atoms with Crippen LogP contribution in [0.1, 0.15) is 23.7 Å². The molecule has 1 amide bonds. The molecule has 2 nitrogen and oxygen atoms in total. The Kier molecular flexibility index (Phi) is 5.58. The zero-order valence-electron chi connectivity index (χ0n) is 8.81. The Labute approximate surface area is 112 Å². The molecule has 0 saturated carbocycles. The normalized spacial score (nSPS) is 9.19. The lowest BCUT2D eigenvalue weighted by Crippen LogP contribution is -2.24. The molecular weight excluding hydrogens is 334 g/mol. The minimum absolute atomic E-state index is 0.0916. The van der Waals surface area contributed by atoms with Gasteiger partial charge in [0.25, 0.3) is 5.91 Å². The molecule has 0 atom stereocenters. The predicted octanol–water partition coefficient (Wildman–Crippen LogP) is 3.35. The molecule has 16 heavy (non-hydrogen) atoms. The molecule has 1 N–H and O–H groups in total. The zero-order valence-corrected chi connectivity index (χ0v) is 12.0. The summed E-state index contributed by atoms with van der Waals surface area (Å²) in [5.74, 6) is 5.59. The molecule has 0 aliphatic rings. The molecule has 0 radical (unpaired) electrons. The van der Waals surface area contributed by atoms with Gasteiger partial charge in [-0.2, -0.15) is 0 Å². The van der Waals surface area contributed by atoms with Crippen LogP contribution in [0.3, 0.4) is 0 Å². The van der Waals surface area contributed by atoms with Crippen LogP contribution in [0.25, 0.3) is 0 Å².